The summed E-state index contributed by atoms with van der Waals surface area (Å²) in [6.07, 6.45) is 48.6. The van der Waals surface area contributed by atoms with Crippen LogP contribution in [0.2, 0.25) is 0 Å². The summed E-state index contributed by atoms with van der Waals surface area (Å²) in [6.45, 7) is 9.02. The first kappa shape index (κ1) is 49.4. The van der Waals surface area contributed by atoms with Crippen LogP contribution in [0.1, 0.15) is 258 Å². The molecule has 300 valence electrons. The predicted molar refractivity (Wildman–Crippen MR) is 219 cm³/mol. The van der Waals surface area contributed by atoms with Gasteiger partial charge in [-0.25, -0.2) is 4.79 Å². The van der Waals surface area contributed by atoms with Gasteiger partial charge in [0.25, 0.3) is 0 Å². The van der Waals surface area contributed by atoms with E-state index in [-0.39, 0.29) is 5.97 Å². The summed E-state index contributed by atoms with van der Waals surface area (Å²) in [7, 11) is 0. The summed E-state index contributed by atoms with van der Waals surface area (Å²) < 4.78 is 17.7. The van der Waals surface area contributed by atoms with Gasteiger partial charge in [0.2, 0.25) is 0 Å². The SMILES string of the molecule is CCCCCCCCCCCCCCCCOCC(OCCCCCCCCCCCCCCCC)C(=O)OCCCCCCCCCCC. The van der Waals surface area contributed by atoms with Crippen molar-refractivity contribution < 1.29 is 19.0 Å². The zero-order valence-corrected chi connectivity index (χ0v) is 34.7. The largest absolute Gasteiger partial charge is 0.464 e. The van der Waals surface area contributed by atoms with Gasteiger partial charge < -0.3 is 14.2 Å². The maximum Gasteiger partial charge on any atom is 0.337 e. The maximum atomic E-state index is 12.9. The molecule has 0 heterocycles. The van der Waals surface area contributed by atoms with Crippen LogP contribution < -0.4 is 0 Å². The molecule has 4 heteroatoms. The third-order valence-corrected chi connectivity index (χ3v) is 10.5. The Balaban J connectivity index is 4.03. The average molecular weight is 709 g/mol. The number of carbonyl (C=O) groups excluding carboxylic acids is 1. The van der Waals surface area contributed by atoms with E-state index in [4.69, 9.17) is 14.2 Å². The first-order valence-electron chi connectivity index (χ1n) is 23.1. The minimum Gasteiger partial charge on any atom is -0.464 e. The molecule has 0 fully saturated rings. The molecule has 0 spiro atoms. The van der Waals surface area contributed by atoms with E-state index in [0.717, 1.165) is 25.7 Å². The molecule has 1 unspecified atom stereocenters. The monoisotopic (exact) mass is 709 g/mol. The number of ether oxygens (including phenoxy) is 3. The van der Waals surface area contributed by atoms with Crippen LogP contribution in [0, 0.1) is 0 Å². The Morgan fingerprint density at radius 3 is 0.920 bits per heavy atom. The number of esters is 1. The van der Waals surface area contributed by atoms with E-state index in [1.54, 1.807) is 0 Å². The molecule has 0 N–H and O–H groups in total. The molecule has 0 bridgehead atoms. The fourth-order valence-electron chi connectivity index (χ4n) is 6.97. The molecule has 0 aromatic heterocycles. The molecule has 0 amide bonds. The van der Waals surface area contributed by atoms with Gasteiger partial charge in [0.1, 0.15) is 0 Å². The average Bonchev–Trinajstić information content (AvgIpc) is 3.12. The molecule has 0 rings (SSSR count). The molecule has 0 aromatic carbocycles. The minimum absolute atomic E-state index is 0.226. The van der Waals surface area contributed by atoms with Crippen LogP contribution in [-0.4, -0.2) is 38.5 Å². The van der Waals surface area contributed by atoms with Gasteiger partial charge in [0.15, 0.2) is 6.10 Å². The number of carbonyl (C=O) groups is 1. The van der Waals surface area contributed by atoms with E-state index in [0.29, 0.717) is 26.4 Å². The third kappa shape index (κ3) is 40.2. The van der Waals surface area contributed by atoms with Crippen molar-refractivity contribution in [1.29, 1.82) is 0 Å². The molecule has 0 saturated carbocycles. The van der Waals surface area contributed by atoms with E-state index in [9.17, 15) is 4.79 Å². The van der Waals surface area contributed by atoms with Crippen LogP contribution in [0.3, 0.4) is 0 Å². The van der Waals surface area contributed by atoms with Gasteiger partial charge >= 0.3 is 5.97 Å². The van der Waals surface area contributed by atoms with Crippen LogP contribution >= 0.6 is 0 Å². The van der Waals surface area contributed by atoms with Crippen LogP contribution in [0.5, 0.6) is 0 Å². The molecule has 0 aliphatic carbocycles. The van der Waals surface area contributed by atoms with Crippen molar-refractivity contribution >= 4 is 5.97 Å². The molecule has 0 radical (unpaired) electrons. The minimum atomic E-state index is -0.581. The highest BCUT2D eigenvalue weighted by atomic mass is 16.6. The Kier molecular flexibility index (Phi) is 44.0. The van der Waals surface area contributed by atoms with Gasteiger partial charge in [0.05, 0.1) is 13.2 Å². The Labute approximate surface area is 315 Å². The van der Waals surface area contributed by atoms with Gasteiger partial charge in [-0.05, 0) is 19.3 Å². The molecule has 50 heavy (non-hydrogen) atoms. The fourth-order valence-corrected chi connectivity index (χ4v) is 6.97. The molecule has 1 atom stereocenters. The Bertz CT molecular complexity index is 623. The summed E-state index contributed by atoms with van der Waals surface area (Å²) in [6, 6.07) is 0. The van der Waals surface area contributed by atoms with Crippen LogP contribution in [0.15, 0.2) is 0 Å². The van der Waals surface area contributed by atoms with Crippen molar-refractivity contribution in [2.45, 2.75) is 264 Å². The van der Waals surface area contributed by atoms with Crippen molar-refractivity contribution in [3.8, 4) is 0 Å². The summed E-state index contributed by atoms with van der Waals surface area (Å²) in [5, 5.41) is 0. The molecule has 4 nitrogen and oxygen atoms in total. The molecule has 0 aliphatic rings. The van der Waals surface area contributed by atoms with Crippen molar-refractivity contribution in [3.63, 3.8) is 0 Å². The Hall–Kier alpha value is -0.610. The van der Waals surface area contributed by atoms with E-state index >= 15 is 0 Å². The smallest absolute Gasteiger partial charge is 0.337 e. The molecule has 0 saturated heterocycles. The summed E-state index contributed by atoms with van der Waals surface area (Å²) >= 11 is 0. The highest BCUT2D eigenvalue weighted by Crippen LogP contribution is 2.15. The standard InChI is InChI=1S/C46H92O4/c1-4-7-10-13-16-19-21-23-25-27-30-32-35-38-41-48-44-45(46(47)50-43-40-37-34-29-18-15-12-9-6-3)49-42-39-36-33-31-28-26-24-22-20-17-14-11-8-5-2/h45H,4-44H2,1-3H3. The van der Waals surface area contributed by atoms with E-state index in [1.165, 1.54) is 212 Å². The van der Waals surface area contributed by atoms with Gasteiger partial charge in [-0.2, -0.15) is 0 Å². The van der Waals surface area contributed by atoms with Gasteiger partial charge in [-0.1, -0.05) is 239 Å². The summed E-state index contributed by atoms with van der Waals surface area (Å²) in [5.41, 5.74) is 0. The number of unbranched alkanes of at least 4 members (excludes halogenated alkanes) is 34. The van der Waals surface area contributed by atoms with Crippen molar-refractivity contribution in [2.24, 2.45) is 0 Å². The van der Waals surface area contributed by atoms with Crippen LogP contribution in [0.25, 0.3) is 0 Å². The second-order valence-corrected chi connectivity index (χ2v) is 15.6. The zero-order chi connectivity index (χ0) is 36.3. The van der Waals surface area contributed by atoms with Crippen molar-refractivity contribution in [3.05, 3.63) is 0 Å². The number of hydrogen-bond acceptors (Lipinski definition) is 4. The molecule has 0 aliphatic heterocycles. The summed E-state index contributed by atoms with van der Waals surface area (Å²) in [5.74, 6) is -0.226. The second-order valence-electron chi connectivity index (χ2n) is 15.6. The highest BCUT2D eigenvalue weighted by molar-refractivity contribution is 5.74. The first-order chi connectivity index (χ1) is 24.8. The lowest BCUT2D eigenvalue weighted by Crippen LogP contribution is -2.32. The lowest BCUT2D eigenvalue weighted by atomic mass is 10.0. The van der Waals surface area contributed by atoms with Crippen LogP contribution in [0.4, 0.5) is 0 Å². The predicted octanol–water partition coefficient (Wildman–Crippen LogP) is 15.4. The van der Waals surface area contributed by atoms with Gasteiger partial charge in [-0.15, -0.1) is 0 Å². The number of hydrogen-bond donors (Lipinski definition) is 0. The lowest BCUT2D eigenvalue weighted by Gasteiger charge is -2.17. The van der Waals surface area contributed by atoms with E-state index in [2.05, 4.69) is 20.8 Å². The third-order valence-electron chi connectivity index (χ3n) is 10.5. The Morgan fingerprint density at radius 2 is 0.600 bits per heavy atom. The first-order valence-corrected chi connectivity index (χ1v) is 23.1. The van der Waals surface area contributed by atoms with E-state index < -0.39 is 6.10 Å². The van der Waals surface area contributed by atoms with Crippen molar-refractivity contribution in [1.82, 2.24) is 0 Å². The normalized spacial score (nSPS) is 12.1. The fraction of sp³-hybridized carbons (Fsp3) is 0.978. The highest BCUT2D eigenvalue weighted by Gasteiger charge is 2.21. The number of rotatable bonds is 44. The van der Waals surface area contributed by atoms with Crippen LogP contribution in [-0.2, 0) is 19.0 Å². The van der Waals surface area contributed by atoms with Gasteiger partial charge in [-0.3, -0.25) is 0 Å². The molecular formula is C46H92O4. The van der Waals surface area contributed by atoms with Crippen molar-refractivity contribution in [2.75, 3.05) is 26.4 Å². The Morgan fingerprint density at radius 1 is 0.340 bits per heavy atom. The van der Waals surface area contributed by atoms with Gasteiger partial charge in [0, 0.05) is 13.2 Å². The topological polar surface area (TPSA) is 44.8 Å². The summed E-state index contributed by atoms with van der Waals surface area (Å²) in [4.78, 5) is 12.9. The second kappa shape index (κ2) is 44.6. The quantitative estimate of drug-likeness (QED) is 0.0467. The zero-order valence-electron chi connectivity index (χ0n) is 34.7. The van der Waals surface area contributed by atoms with E-state index in [1.807, 2.05) is 0 Å². The maximum absolute atomic E-state index is 12.9. The lowest BCUT2D eigenvalue weighted by molar-refractivity contribution is -0.161. The molecule has 0 aromatic rings. The molecular weight excluding hydrogens is 617 g/mol.